The molecule has 216 valence electrons. The van der Waals surface area contributed by atoms with Crippen molar-refractivity contribution in [3.8, 4) is 0 Å². The maximum atomic E-state index is 11.9. The molecule has 0 aromatic heterocycles. The standard InChI is InChI=1S/C26H53NO7S2.2Na/c1-3-5-7-9-12-16-20-24(35(29,30)31)25(36(32,33)34)21-17-13-11-14-18-22-26(28)27-23-19-15-10-8-6-4-2;;/h24-25H,3-23H2,1-2H3,(H,27,28)(H,29,30,31)(H,32,33,34);;/q;2*+1/p-2. The summed E-state index contributed by atoms with van der Waals surface area (Å²) in [6.45, 7) is 4.85. The van der Waals surface area contributed by atoms with Gasteiger partial charge in [0.15, 0.2) is 0 Å². The van der Waals surface area contributed by atoms with Crippen LogP contribution in [-0.2, 0) is 20.2 Å². The van der Waals surface area contributed by atoms with E-state index in [4.69, 9.17) is 0 Å². The van der Waals surface area contributed by atoms with Crippen LogP contribution in [0.25, 0.3) is 0 Å². The van der Waals surface area contributed by atoms with E-state index in [0.29, 0.717) is 38.6 Å². The van der Waals surface area contributed by atoms with Gasteiger partial charge in [-0.15, -0.1) is 0 Å². The molecule has 0 aliphatic carbocycles. The van der Waals surface area contributed by atoms with Crippen LogP contribution in [0.5, 0.6) is 0 Å². The summed E-state index contributed by atoms with van der Waals surface area (Å²) in [6, 6.07) is 0. The van der Waals surface area contributed by atoms with Crippen LogP contribution < -0.4 is 64.2 Å². The smallest absolute Gasteiger partial charge is 0.862 e. The van der Waals surface area contributed by atoms with Crippen LogP contribution in [0.2, 0.25) is 0 Å². The topological polar surface area (TPSA) is 147 Å². The Kier molecular flexibility index (Phi) is 31.2. The number of hydrogen-bond donors (Lipinski definition) is 1. The monoisotopic (exact) mass is 599 g/mol. The van der Waals surface area contributed by atoms with Gasteiger partial charge in [0.25, 0.3) is 10.1 Å². The zero-order chi connectivity index (χ0) is 27.3. The summed E-state index contributed by atoms with van der Waals surface area (Å²) in [4.78, 5) is 4.09. The summed E-state index contributed by atoms with van der Waals surface area (Å²) < 4.78 is 68.9. The van der Waals surface area contributed by atoms with Crippen molar-refractivity contribution in [3.05, 3.63) is 0 Å². The van der Waals surface area contributed by atoms with Crippen molar-refractivity contribution in [2.24, 2.45) is 4.99 Å². The molecule has 8 nitrogen and oxygen atoms in total. The first kappa shape index (κ1) is 43.7. The van der Waals surface area contributed by atoms with Crippen LogP contribution in [0.3, 0.4) is 0 Å². The van der Waals surface area contributed by atoms with E-state index in [-0.39, 0.29) is 77.9 Å². The molecule has 0 rings (SSSR count). The third kappa shape index (κ3) is 25.0. The third-order valence-electron chi connectivity index (χ3n) is 6.69. The van der Waals surface area contributed by atoms with Crippen molar-refractivity contribution in [2.45, 2.75) is 153 Å². The van der Waals surface area contributed by atoms with Crippen molar-refractivity contribution in [3.63, 3.8) is 0 Å². The summed E-state index contributed by atoms with van der Waals surface area (Å²) >= 11 is 0. The molecule has 2 atom stereocenters. The minimum atomic E-state index is -4.86. The van der Waals surface area contributed by atoms with E-state index in [0.717, 1.165) is 57.8 Å². The maximum absolute atomic E-state index is 11.9. The molecule has 1 N–H and O–H groups in total. The van der Waals surface area contributed by atoms with Gasteiger partial charge in [0.1, 0.15) is 5.25 Å². The van der Waals surface area contributed by atoms with Gasteiger partial charge >= 0.3 is 59.1 Å². The number of nitrogens with zero attached hydrogens (tertiary/aromatic N) is 1. The molecule has 2 unspecified atom stereocenters. The molecular formula is C26H51NNa2O7S2. The molecule has 38 heavy (non-hydrogen) atoms. The quantitative estimate of drug-likeness (QED) is 0.0501. The van der Waals surface area contributed by atoms with Crippen LogP contribution in [0.4, 0.5) is 0 Å². The van der Waals surface area contributed by atoms with Gasteiger partial charge in [0.2, 0.25) is 0 Å². The van der Waals surface area contributed by atoms with Crippen LogP contribution >= 0.6 is 0 Å². The molecule has 0 bridgehead atoms. The van der Waals surface area contributed by atoms with E-state index in [1.165, 1.54) is 25.7 Å². The van der Waals surface area contributed by atoms with E-state index in [9.17, 15) is 31.0 Å². The Labute approximate surface area is 278 Å². The van der Waals surface area contributed by atoms with Gasteiger partial charge in [0.05, 0.1) is 15.4 Å². The molecule has 0 saturated carbocycles. The minimum absolute atomic E-state index is 0. The summed E-state index contributed by atoms with van der Waals surface area (Å²) in [5.74, 6) is -0.0758. The molecule has 0 saturated heterocycles. The van der Waals surface area contributed by atoms with Crippen LogP contribution in [0, 0.1) is 0 Å². The van der Waals surface area contributed by atoms with Gasteiger partial charge in [-0.2, -0.15) is 8.42 Å². The van der Waals surface area contributed by atoms with Gasteiger partial charge in [0, 0.05) is 6.54 Å². The minimum Gasteiger partial charge on any atom is -0.862 e. The molecule has 0 aromatic rings. The van der Waals surface area contributed by atoms with E-state index in [1.807, 2.05) is 0 Å². The largest absolute Gasteiger partial charge is 1.00 e. The second-order valence-electron chi connectivity index (χ2n) is 9.99. The van der Waals surface area contributed by atoms with Crippen LogP contribution in [0.15, 0.2) is 4.99 Å². The predicted molar refractivity (Wildman–Crippen MR) is 145 cm³/mol. The molecule has 0 aliphatic heterocycles. The Bertz CT molecular complexity index is 778. The number of rotatable bonds is 25. The van der Waals surface area contributed by atoms with E-state index >= 15 is 0 Å². The Morgan fingerprint density at radius 1 is 0.658 bits per heavy atom. The number of aliphatic imine (C=N–C) groups is 1. The average Bonchev–Trinajstić information content (AvgIpc) is 2.79. The summed E-state index contributed by atoms with van der Waals surface area (Å²) in [5.41, 5.74) is 0. The second kappa shape index (κ2) is 27.1. The predicted octanol–water partition coefficient (Wildman–Crippen LogP) is -0.235. The second-order valence-corrected chi connectivity index (χ2v) is 13.2. The first-order valence-electron chi connectivity index (χ1n) is 14.1. The molecule has 0 radical (unpaired) electrons. The van der Waals surface area contributed by atoms with E-state index < -0.39 is 30.7 Å². The maximum Gasteiger partial charge on any atom is 1.00 e. The van der Waals surface area contributed by atoms with Gasteiger partial charge in [-0.3, -0.25) is 4.55 Å². The third-order valence-corrected chi connectivity index (χ3v) is 9.50. The molecule has 0 heterocycles. The van der Waals surface area contributed by atoms with Gasteiger partial charge in [-0.25, -0.2) is 8.42 Å². The fourth-order valence-electron chi connectivity index (χ4n) is 4.50. The fourth-order valence-corrected chi connectivity index (χ4v) is 7.27. The first-order valence-corrected chi connectivity index (χ1v) is 17.1. The van der Waals surface area contributed by atoms with Crippen molar-refractivity contribution in [1.82, 2.24) is 0 Å². The van der Waals surface area contributed by atoms with Crippen LogP contribution in [-0.4, -0.2) is 48.9 Å². The molecule has 0 fully saturated rings. The molecular weight excluding hydrogens is 548 g/mol. The Morgan fingerprint density at radius 3 is 1.50 bits per heavy atom. The summed E-state index contributed by atoms with van der Waals surface area (Å²) in [7, 11) is -9.52. The fraction of sp³-hybridized carbons (Fsp3) is 0.962. The summed E-state index contributed by atoms with van der Waals surface area (Å²) in [5, 5.41) is 8.64. The molecule has 12 heteroatoms. The number of hydrogen-bond acceptors (Lipinski definition) is 7. The Balaban J connectivity index is -0.00000612. The Morgan fingerprint density at radius 2 is 1.05 bits per heavy atom. The zero-order valence-electron chi connectivity index (χ0n) is 24.7. The van der Waals surface area contributed by atoms with Crippen molar-refractivity contribution in [2.75, 3.05) is 6.54 Å². The van der Waals surface area contributed by atoms with Crippen molar-refractivity contribution in [1.29, 1.82) is 0 Å². The zero-order valence-corrected chi connectivity index (χ0v) is 30.3. The normalized spacial score (nSPS) is 13.9. The average molecular weight is 600 g/mol. The van der Waals surface area contributed by atoms with Crippen LogP contribution in [0.1, 0.15) is 142 Å². The number of unbranched alkanes of at least 4 members (excludes halogenated alkanes) is 14. The first-order chi connectivity index (χ1) is 17.0. The summed E-state index contributed by atoms with van der Waals surface area (Å²) in [6.07, 6.45) is 15.8. The van der Waals surface area contributed by atoms with Gasteiger partial charge in [-0.05, 0) is 38.0 Å². The molecule has 0 spiro atoms. The molecule has 0 aromatic carbocycles. The van der Waals surface area contributed by atoms with Crippen molar-refractivity contribution >= 4 is 26.1 Å². The SMILES string of the molecule is CCCCCCCCN=C([O-])CCCCCCCC(C(CCCCCCCC)S(=O)(=O)[O-])S(=O)(=O)O.[Na+].[Na+]. The van der Waals surface area contributed by atoms with Gasteiger partial charge in [-0.1, -0.05) is 110 Å². The van der Waals surface area contributed by atoms with Crippen molar-refractivity contribution < 1.29 is 90.2 Å². The van der Waals surface area contributed by atoms with E-state index in [1.54, 1.807) is 0 Å². The molecule has 0 amide bonds. The van der Waals surface area contributed by atoms with E-state index in [2.05, 4.69) is 18.8 Å². The van der Waals surface area contributed by atoms with Gasteiger partial charge < -0.3 is 14.7 Å². The Hall–Kier alpha value is 1.29. The molecule has 0 aliphatic rings.